The van der Waals surface area contributed by atoms with Gasteiger partial charge in [0, 0.05) is 12.1 Å². The molecule has 0 atom stereocenters. The van der Waals surface area contributed by atoms with E-state index in [4.69, 9.17) is 5.11 Å². The van der Waals surface area contributed by atoms with Crippen LogP contribution in [0.4, 0.5) is 0 Å². The van der Waals surface area contributed by atoms with E-state index in [-0.39, 0.29) is 31.3 Å². The number of aliphatic hydroxyl groups is 1. The van der Waals surface area contributed by atoms with Crippen LogP contribution in [-0.4, -0.2) is 29.9 Å². The van der Waals surface area contributed by atoms with Gasteiger partial charge in [-0.2, -0.15) is 0 Å². The quantitative estimate of drug-likeness (QED) is 0.541. The molecule has 1 aromatic carbocycles. The lowest BCUT2D eigenvalue weighted by atomic mass is 10.1. The molecule has 0 aliphatic heterocycles. The summed E-state index contributed by atoms with van der Waals surface area (Å²) in [5, 5.41) is 10.9. The second kappa shape index (κ2) is 5.93. The number of Topliss-reactive ketones (excluding diaryl/α,β-unsaturated/α-hetero) is 1. The lowest BCUT2D eigenvalue weighted by molar-refractivity contribution is -0.120. The van der Waals surface area contributed by atoms with Gasteiger partial charge in [0.1, 0.15) is 0 Å². The van der Waals surface area contributed by atoms with Crippen LogP contribution in [0.3, 0.4) is 0 Å². The largest absolute Gasteiger partial charge is 0.395 e. The van der Waals surface area contributed by atoms with Gasteiger partial charge in [0.05, 0.1) is 13.0 Å². The molecule has 0 unspecified atom stereocenters. The average molecular weight is 207 g/mol. The monoisotopic (exact) mass is 207 g/mol. The maximum absolute atomic E-state index is 11.5. The molecule has 4 nitrogen and oxygen atoms in total. The second-order valence-electron chi connectivity index (χ2n) is 3.04. The molecule has 2 N–H and O–H groups in total. The van der Waals surface area contributed by atoms with E-state index in [2.05, 4.69) is 5.32 Å². The highest BCUT2D eigenvalue weighted by molar-refractivity contribution is 6.07. The minimum absolute atomic E-state index is 0.120. The number of hydrogen-bond donors (Lipinski definition) is 2. The van der Waals surface area contributed by atoms with E-state index in [1.165, 1.54) is 0 Å². The van der Waals surface area contributed by atoms with E-state index >= 15 is 0 Å². The Labute approximate surface area is 87.9 Å². The molecule has 0 bridgehead atoms. The molecule has 1 amide bonds. The predicted molar refractivity (Wildman–Crippen MR) is 55.5 cm³/mol. The summed E-state index contributed by atoms with van der Waals surface area (Å²) in [7, 11) is 0. The third-order valence-electron chi connectivity index (χ3n) is 1.85. The lowest BCUT2D eigenvalue weighted by Gasteiger charge is -2.02. The van der Waals surface area contributed by atoms with Crippen molar-refractivity contribution in [1.82, 2.24) is 5.32 Å². The molecule has 1 aromatic rings. The Bertz CT molecular complexity index is 335. The van der Waals surface area contributed by atoms with Crippen LogP contribution in [-0.2, 0) is 4.79 Å². The van der Waals surface area contributed by atoms with Gasteiger partial charge in [0.2, 0.25) is 5.91 Å². The van der Waals surface area contributed by atoms with E-state index in [9.17, 15) is 9.59 Å². The maximum atomic E-state index is 11.5. The molecular formula is C11H13NO3. The third-order valence-corrected chi connectivity index (χ3v) is 1.85. The van der Waals surface area contributed by atoms with Crippen LogP contribution in [0.5, 0.6) is 0 Å². The molecule has 0 saturated heterocycles. The molecular weight excluding hydrogens is 194 g/mol. The minimum atomic E-state index is -0.363. The summed E-state index contributed by atoms with van der Waals surface area (Å²) in [6.45, 7) is 0.0617. The molecule has 0 aliphatic carbocycles. The van der Waals surface area contributed by atoms with Crippen molar-refractivity contribution >= 4 is 11.7 Å². The van der Waals surface area contributed by atoms with E-state index in [0.29, 0.717) is 5.56 Å². The SMILES string of the molecule is O=C(CC(=O)c1ccccc1)NCCO. The summed E-state index contributed by atoms with van der Waals surface area (Å²) in [5.74, 6) is -0.580. The van der Waals surface area contributed by atoms with Gasteiger partial charge >= 0.3 is 0 Å². The number of ketones is 1. The van der Waals surface area contributed by atoms with Gasteiger partial charge in [-0.05, 0) is 0 Å². The fraction of sp³-hybridized carbons (Fsp3) is 0.273. The summed E-state index contributed by atoms with van der Waals surface area (Å²) in [4.78, 5) is 22.6. The number of amides is 1. The Morgan fingerprint density at radius 3 is 2.47 bits per heavy atom. The van der Waals surface area contributed by atoms with Crippen LogP contribution in [0, 0.1) is 0 Å². The van der Waals surface area contributed by atoms with Crippen molar-refractivity contribution in [3.8, 4) is 0 Å². The average Bonchev–Trinajstić information content (AvgIpc) is 2.27. The molecule has 1 rings (SSSR count). The Morgan fingerprint density at radius 1 is 1.20 bits per heavy atom. The first-order valence-electron chi connectivity index (χ1n) is 4.70. The molecule has 0 aliphatic rings. The summed E-state index contributed by atoms with van der Waals surface area (Å²) in [6, 6.07) is 8.64. The van der Waals surface area contributed by atoms with Crippen LogP contribution in [0.25, 0.3) is 0 Å². The number of nitrogens with one attached hydrogen (secondary N) is 1. The number of carbonyl (C=O) groups is 2. The smallest absolute Gasteiger partial charge is 0.227 e. The van der Waals surface area contributed by atoms with Crippen molar-refractivity contribution in [2.75, 3.05) is 13.2 Å². The van der Waals surface area contributed by atoms with Crippen molar-refractivity contribution < 1.29 is 14.7 Å². The molecule has 0 heterocycles. The Balaban J connectivity index is 2.46. The minimum Gasteiger partial charge on any atom is -0.395 e. The molecule has 0 fully saturated rings. The van der Waals surface area contributed by atoms with Gasteiger partial charge in [-0.15, -0.1) is 0 Å². The van der Waals surface area contributed by atoms with Gasteiger partial charge in [-0.25, -0.2) is 0 Å². The van der Waals surface area contributed by atoms with Gasteiger partial charge in [0.15, 0.2) is 5.78 Å². The molecule has 0 spiro atoms. The van der Waals surface area contributed by atoms with Crippen LogP contribution >= 0.6 is 0 Å². The highest BCUT2D eigenvalue weighted by Gasteiger charge is 2.10. The molecule has 80 valence electrons. The van der Waals surface area contributed by atoms with E-state index < -0.39 is 0 Å². The Hall–Kier alpha value is -1.68. The fourth-order valence-electron chi connectivity index (χ4n) is 1.13. The number of carbonyl (C=O) groups excluding carboxylic acids is 2. The number of benzene rings is 1. The van der Waals surface area contributed by atoms with Crippen molar-refractivity contribution in [2.24, 2.45) is 0 Å². The first kappa shape index (κ1) is 11.4. The van der Waals surface area contributed by atoms with Crippen LogP contribution < -0.4 is 5.32 Å². The Kier molecular flexibility index (Phi) is 4.50. The summed E-state index contributed by atoms with van der Waals surface area (Å²) >= 11 is 0. The number of aliphatic hydroxyl groups excluding tert-OH is 1. The first-order chi connectivity index (χ1) is 7.24. The third kappa shape index (κ3) is 3.91. The van der Waals surface area contributed by atoms with Gasteiger partial charge in [0.25, 0.3) is 0 Å². The topological polar surface area (TPSA) is 66.4 Å². The van der Waals surface area contributed by atoms with E-state index in [1.807, 2.05) is 6.07 Å². The molecule has 0 aromatic heterocycles. The summed E-state index contributed by atoms with van der Waals surface area (Å²) < 4.78 is 0. The fourth-order valence-corrected chi connectivity index (χ4v) is 1.13. The maximum Gasteiger partial charge on any atom is 0.227 e. The predicted octanol–water partition coefficient (Wildman–Crippen LogP) is 0.368. The molecule has 0 saturated carbocycles. The number of hydrogen-bond acceptors (Lipinski definition) is 3. The zero-order valence-electron chi connectivity index (χ0n) is 8.27. The van der Waals surface area contributed by atoms with Crippen molar-refractivity contribution in [3.05, 3.63) is 35.9 Å². The highest BCUT2D eigenvalue weighted by Crippen LogP contribution is 2.02. The Morgan fingerprint density at radius 2 is 1.87 bits per heavy atom. The van der Waals surface area contributed by atoms with E-state index in [1.54, 1.807) is 24.3 Å². The van der Waals surface area contributed by atoms with Crippen molar-refractivity contribution in [1.29, 1.82) is 0 Å². The van der Waals surface area contributed by atoms with Crippen LogP contribution in [0.1, 0.15) is 16.8 Å². The van der Waals surface area contributed by atoms with Gasteiger partial charge in [-0.3, -0.25) is 9.59 Å². The highest BCUT2D eigenvalue weighted by atomic mass is 16.3. The summed E-state index contributed by atoms with van der Waals surface area (Å²) in [6.07, 6.45) is -0.177. The zero-order valence-corrected chi connectivity index (χ0v) is 8.27. The zero-order chi connectivity index (χ0) is 11.1. The standard InChI is InChI=1S/C11H13NO3/c13-7-6-12-11(15)8-10(14)9-4-2-1-3-5-9/h1-5,13H,6-8H2,(H,12,15). The van der Waals surface area contributed by atoms with Gasteiger partial charge < -0.3 is 10.4 Å². The summed E-state index contributed by atoms with van der Waals surface area (Å²) in [5.41, 5.74) is 0.525. The van der Waals surface area contributed by atoms with Crippen molar-refractivity contribution in [3.63, 3.8) is 0 Å². The normalized spacial score (nSPS) is 9.67. The van der Waals surface area contributed by atoms with Crippen LogP contribution in [0.2, 0.25) is 0 Å². The lowest BCUT2D eigenvalue weighted by Crippen LogP contribution is -2.28. The van der Waals surface area contributed by atoms with Crippen LogP contribution in [0.15, 0.2) is 30.3 Å². The van der Waals surface area contributed by atoms with E-state index in [0.717, 1.165) is 0 Å². The number of rotatable bonds is 5. The molecule has 4 heteroatoms. The molecule has 15 heavy (non-hydrogen) atoms. The molecule has 0 radical (unpaired) electrons. The second-order valence-corrected chi connectivity index (χ2v) is 3.04. The van der Waals surface area contributed by atoms with Gasteiger partial charge in [-0.1, -0.05) is 30.3 Å². The van der Waals surface area contributed by atoms with Crippen molar-refractivity contribution in [2.45, 2.75) is 6.42 Å². The first-order valence-corrected chi connectivity index (χ1v) is 4.70.